The van der Waals surface area contributed by atoms with E-state index in [0.717, 1.165) is 17.7 Å². The van der Waals surface area contributed by atoms with Crippen LogP contribution in [-0.4, -0.2) is 11.0 Å². The number of nitrogens with two attached hydrogens (primary N) is 1. The Morgan fingerprint density at radius 2 is 2.00 bits per heavy atom. The Labute approximate surface area is 109 Å². The maximum Gasteiger partial charge on any atom is 0.259 e. The van der Waals surface area contributed by atoms with E-state index >= 15 is 0 Å². The van der Waals surface area contributed by atoms with E-state index in [1.54, 1.807) is 18.2 Å². The van der Waals surface area contributed by atoms with Crippen molar-refractivity contribution >= 4 is 17.3 Å². The molecule has 0 saturated heterocycles. The third-order valence-corrected chi connectivity index (χ3v) is 2.71. The van der Waals surface area contributed by atoms with Gasteiger partial charge in [-0.1, -0.05) is 6.07 Å². The van der Waals surface area contributed by atoms with E-state index in [1.807, 2.05) is 6.92 Å². The zero-order valence-corrected chi connectivity index (χ0v) is 10.3. The lowest BCUT2D eigenvalue weighted by molar-refractivity contribution is 0.102. The molecule has 0 aliphatic heterocycles. The van der Waals surface area contributed by atoms with Crippen molar-refractivity contribution in [2.45, 2.75) is 6.92 Å². The Morgan fingerprint density at radius 1 is 1.26 bits per heavy atom. The van der Waals surface area contributed by atoms with Crippen molar-refractivity contribution in [3.8, 4) is 5.75 Å². The van der Waals surface area contributed by atoms with Gasteiger partial charge in [0, 0.05) is 17.4 Å². The number of carbonyl (C=O) groups is 1. The van der Waals surface area contributed by atoms with E-state index in [2.05, 4.69) is 5.32 Å². The highest BCUT2D eigenvalue weighted by atomic mass is 19.1. The van der Waals surface area contributed by atoms with Crippen molar-refractivity contribution < 1.29 is 14.3 Å². The molecule has 0 atom stereocenters. The van der Waals surface area contributed by atoms with Gasteiger partial charge in [-0.15, -0.1) is 0 Å². The van der Waals surface area contributed by atoms with Crippen LogP contribution in [-0.2, 0) is 0 Å². The summed E-state index contributed by atoms with van der Waals surface area (Å²) in [6.45, 7) is 1.82. The molecule has 4 N–H and O–H groups in total. The zero-order valence-electron chi connectivity index (χ0n) is 10.3. The van der Waals surface area contributed by atoms with Gasteiger partial charge in [0.2, 0.25) is 0 Å². The van der Waals surface area contributed by atoms with Crippen molar-refractivity contribution in [1.29, 1.82) is 0 Å². The molecule has 1 amide bonds. The molecular formula is C14H13FN2O2. The van der Waals surface area contributed by atoms with Crippen LogP contribution in [0, 0.1) is 12.7 Å². The van der Waals surface area contributed by atoms with E-state index < -0.39 is 17.5 Å². The Morgan fingerprint density at radius 3 is 2.68 bits per heavy atom. The summed E-state index contributed by atoms with van der Waals surface area (Å²) in [6.07, 6.45) is 0. The molecular weight excluding hydrogens is 247 g/mol. The molecule has 2 rings (SSSR count). The molecule has 2 aromatic carbocycles. The van der Waals surface area contributed by atoms with Gasteiger partial charge in [-0.3, -0.25) is 4.79 Å². The third kappa shape index (κ3) is 2.82. The number of amides is 1. The number of carbonyl (C=O) groups excluding carboxylic acids is 1. The largest absolute Gasteiger partial charge is 0.507 e. The van der Waals surface area contributed by atoms with Crippen molar-refractivity contribution in [3.63, 3.8) is 0 Å². The molecule has 0 radical (unpaired) electrons. The molecule has 0 unspecified atom stereocenters. The highest BCUT2D eigenvalue weighted by Gasteiger charge is 2.13. The van der Waals surface area contributed by atoms with Crippen LogP contribution in [0.5, 0.6) is 5.75 Å². The Bertz CT molecular complexity index is 641. The third-order valence-electron chi connectivity index (χ3n) is 2.71. The van der Waals surface area contributed by atoms with Gasteiger partial charge in [-0.2, -0.15) is 0 Å². The minimum absolute atomic E-state index is 0.00299. The van der Waals surface area contributed by atoms with Crippen molar-refractivity contribution in [3.05, 3.63) is 53.3 Å². The summed E-state index contributed by atoms with van der Waals surface area (Å²) in [5.74, 6) is -1.53. The molecule has 0 saturated carbocycles. The summed E-state index contributed by atoms with van der Waals surface area (Å²) in [5.41, 5.74) is 7.55. The number of phenolic OH excluding ortho intramolecular Hbond substituents is 1. The second-order valence-corrected chi connectivity index (χ2v) is 4.19. The predicted octanol–water partition coefficient (Wildman–Crippen LogP) is 2.67. The predicted molar refractivity (Wildman–Crippen MR) is 71.6 cm³/mol. The minimum Gasteiger partial charge on any atom is -0.507 e. The van der Waals surface area contributed by atoms with Gasteiger partial charge in [0.05, 0.1) is 5.56 Å². The summed E-state index contributed by atoms with van der Waals surface area (Å²) in [7, 11) is 0. The van der Waals surface area contributed by atoms with Crippen LogP contribution in [0.25, 0.3) is 0 Å². The zero-order chi connectivity index (χ0) is 14.0. The molecule has 0 fully saturated rings. The number of phenols is 1. The number of nitrogens with one attached hydrogen (secondary N) is 1. The number of hydrogen-bond donors (Lipinski definition) is 3. The number of aromatic hydroxyl groups is 1. The van der Waals surface area contributed by atoms with Crippen LogP contribution < -0.4 is 11.1 Å². The quantitative estimate of drug-likeness (QED) is 0.727. The maximum absolute atomic E-state index is 12.8. The molecule has 4 nitrogen and oxygen atoms in total. The summed E-state index contributed by atoms with van der Waals surface area (Å²) in [4.78, 5) is 12.0. The molecule has 0 bridgehead atoms. The van der Waals surface area contributed by atoms with Gasteiger partial charge in [0.1, 0.15) is 11.6 Å². The molecule has 19 heavy (non-hydrogen) atoms. The Hall–Kier alpha value is -2.56. The van der Waals surface area contributed by atoms with E-state index in [-0.39, 0.29) is 5.56 Å². The molecule has 0 aliphatic rings. The highest BCUT2D eigenvalue weighted by Crippen LogP contribution is 2.22. The highest BCUT2D eigenvalue weighted by molar-refractivity contribution is 6.06. The van der Waals surface area contributed by atoms with Gasteiger partial charge < -0.3 is 16.2 Å². The summed E-state index contributed by atoms with van der Waals surface area (Å²) >= 11 is 0. The normalized spacial score (nSPS) is 10.2. The number of halogens is 1. The number of hydrogen-bond acceptors (Lipinski definition) is 3. The van der Waals surface area contributed by atoms with Crippen LogP contribution in [0.4, 0.5) is 15.8 Å². The lowest BCUT2D eigenvalue weighted by Gasteiger charge is -2.10. The first-order chi connectivity index (χ1) is 8.97. The molecule has 98 valence electrons. The lowest BCUT2D eigenvalue weighted by atomic mass is 10.1. The number of nitrogen functional groups attached to an aromatic ring is 1. The second kappa shape index (κ2) is 4.97. The first kappa shape index (κ1) is 12.9. The van der Waals surface area contributed by atoms with E-state index in [4.69, 9.17) is 5.73 Å². The average molecular weight is 260 g/mol. The lowest BCUT2D eigenvalue weighted by Crippen LogP contribution is -2.13. The Balaban J connectivity index is 2.28. The van der Waals surface area contributed by atoms with Crippen molar-refractivity contribution in [2.24, 2.45) is 0 Å². The van der Waals surface area contributed by atoms with Crippen LogP contribution in [0.3, 0.4) is 0 Å². The Kier molecular flexibility index (Phi) is 3.37. The van der Waals surface area contributed by atoms with Gasteiger partial charge in [-0.05, 0) is 36.8 Å². The molecule has 0 aliphatic carbocycles. The first-order valence-electron chi connectivity index (χ1n) is 5.63. The van der Waals surface area contributed by atoms with E-state index in [9.17, 15) is 14.3 Å². The fourth-order valence-electron chi connectivity index (χ4n) is 1.66. The molecule has 5 heteroatoms. The topological polar surface area (TPSA) is 75.3 Å². The molecule has 0 spiro atoms. The number of anilines is 2. The van der Waals surface area contributed by atoms with Crippen LogP contribution in [0.2, 0.25) is 0 Å². The smallest absolute Gasteiger partial charge is 0.259 e. The molecule has 0 heterocycles. The fourth-order valence-corrected chi connectivity index (χ4v) is 1.66. The van der Waals surface area contributed by atoms with Crippen molar-refractivity contribution in [2.75, 3.05) is 11.1 Å². The van der Waals surface area contributed by atoms with Gasteiger partial charge in [0.15, 0.2) is 0 Å². The number of aryl methyl sites for hydroxylation is 1. The van der Waals surface area contributed by atoms with Crippen LogP contribution in [0.1, 0.15) is 15.9 Å². The van der Waals surface area contributed by atoms with Crippen LogP contribution >= 0.6 is 0 Å². The summed E-state index contributed by atoms with van der Waals surface area (Å²) in [6, 6.07) is 8.34. The second-order valence-electron chi connectivity index (χ2n) is 4.19. The van der Waals surface area contributed by atoms with Crippen LogP contribution in [0.15, 0.2) is 36.4 Å². The SMILES string of the molecule is Cc1ccc(N)cc1NC(=O)c1ccc(F)cc1O. The molecule has 0 aromatic heterocycles. The van der Waals surface area contributed by atoms with Crippen molar-refractivity contribution in [1.82, 2.24) is 0 Å². The minimum atomic E-state index is -0.603. The molecule has 2 aromatic rings. The first-order valence-corrected chi connectivity index (χ1v) is 5.63. The van der Waals surface area contributed by atoms with Gasteiger partial charge in [-0.25, -0.2) is 4.39 Å². The summed E-state index contributed by atoms with van der Waals surface area (Å²) < 4.78 is 12.8. The van der Waals surface area contributed by atoms with Gasteiger partial charge >= 0.3 is 0 Å². The average Bonchev–Trinajstić information content (AvgIpc) is 2.33. The summed E-state index contributed by atoms with van der Waals surface area (Å²) in [5, 5.41) is 12.2. The van der Waals surface area contributed by atoms with E-state index in [1.165, 1.54) is 6.07 Å². The number of benzene rings is 2. The standard InChI is InChI=1S/C14H13FN2O2/c1-8-2-4-10(16)7-12(8)17-14(19)11-5-3-9(15)6-13(11)18/h2-7,18H,16H2,1H3,(H,17,19). The fraction of sp³-hybridized carbons (Fsp3) is 0.0714. The van der Waals surface area contributed by atoms with E-state index in [0.29, 0.717) is 11.4 Å². The maximum atomic E-state index is 12.8. The number of rotatable bonds is 2. The monoisotopic (exact) mass is 260 g/mol. The van der Waals surface area contributed by atoms with Gasteiger partial charge in [0.25, 0.3) is 5.91 Å².